The monoisotopic (exact) mass is 401 g/mol. The van der Waals surface area contributed by atoms with E-state index in [4.69, 9.17) is 12.2 Å². The summed E-state index contributed by atoms with van der Waals surface area (Å²) in [6.07, 6.45) is 0. The average Bonchev–Trinajstić information content (AvgIpc) is 2.74. The van der Waals surface area contributed by atoms with Crippen LogP contribution in [0.1, 0.15) is 11.1 Å². The fraction of sp³-hybridized carbons (Fsp3) is 0.0455. The lowest BCUT2D eigenvalue weighted by Gasteiger charge is -2.25. The Labute approximate surface area is 171 Å². The molecule has 4 aromatic rings. The van der Waals surface area contributed by atoms with Gasteiger partial charge in [0, 0.05) is 5.56 Å². The van der Waals surface area contributed by atoms with Crippen molar-refractivity contribution in [3.05, 3.63) is 94.5 Å². The van der Waals surface area contributed by atoms with E-state index in [2.05, 4.69) is 33.0 Å². The van der Waals surface area contributed by atoms with Gasteiger partial charge >= 0.3 is 0 Å². The van der Waals surface area contributed by atoms with Crippen molar-refractivity contribution in [3.63, 3.8) is 0 Å². The molecule has 0 saturated heterocycles. The van der Waals surface area contributed by atoms with Crippen LogP contribution in [0.25, 0.3) is 10.9 Å². The molecule has 0 amide bonds. The number of hydrogen-bond acceptors (Lipinski definition) is 4. The number of benzene rings is 3. The smallest absolute Gasteiger partial charge is 0.201 e. The number of rotatable bonds is 3. The molecule has 0 saturated carbocycles. The van der Waals surface area contributed by atoms with E-state index >= 15 is 0 Å². The summed E-state index contributed by atoms with van der Waals surface area (Å²) >= 11 is 5.56. The Balaban J connectivity index is 1.67. The third kappa shape index (κ3) is 3.25. The molecule has 1 aliphatic heterocycles. The fourth-order valence-corrected chi connectivity index (χ4v) is 3.69. The van der Waals surface area contributed by atoms with Crippen LogP contribution in [0.3, 0.4) is 0 Å². The van der Waals surface area contributed by atoms with Gasteiger partial charge in [-0.15, -0.1) is 0 Å². The lowest BCUT2D eigenvalue weighted by molar-refractivity contribution is 0.628. The number of nitrogens with zero attached hydrogens (tertiary/aromatic N) is 3. The van der Waals surface area contributed by atoms with Crippen LogP contribution in [0.5, 0.6) is 0 Å². The van der Waals surface area contributed by atoms with Crippen molar-refractivity contribution in [1.29, 1.82) is 0 Å². The Morgan fingerprint density at radius 1 is 0.931 bits per heavy atom. The number of halogens is 1. The van der Waals surface area contributed by atoms with Crippen LogP contribution in [0.15, 0.2) is 77.8 Å². The number of anilines is 1. The van der Waals surface area contributed by atoms with E-state index in [1.165, 1.54) is 12.1 Å². The Morgan fingerprint density at radius 2 is 1.72 bits per heavy atom. The van der Waals surface area contributed by atoms with E-state index in [0.29, 0.717) is 22.8 Å². The summed E-state index contributed by atoms with van der Waals surface area (Å²) in [5.74, 6) is 1.19. The molecular weight excluding hydrogens is 385 g/mol. The number of nitrogens with one attached hydrogen (secondary N) is 2. The van der Waals surface area contributed by atoms with Crippen molar-refractivity contribution < 1.29 is 4.39 Å². The molecule has 0 atom stereocenters. The van der Waals surface area contributed by atoms with E-state index in [-0.39, 0.29) is 5.82 Å². The van der Waals surface area contributed by atoms with Crippen molar-refractivity contribution in [2.45, 2.75) is 6.54 Å². The largest absolute Gasteiger partial charge is 0.297 e. The van der Waals surface area contributed by atoms with Crippen LogP contribution in [0.4, 0.5) is 15.9 Å². The number of hydrogen-bond donors (Lipinski definition) is 2. The maximum absolute atomic E-state index is 13.2. The van der Waals surface area contributed by atoms with Gasteiger partial charge in [-0.3, -0.25) is 15.4 Å². The highest BCUT2D eigenvalue weighted by Crippen LogP contribution is 2.30. The van der Waals surface area contributed by atoms with Crippen molar-refractivity contribution in [3.8, 4) is 0 Å². The van der Waals surface area contributed by atoms with Crippen LogP contribution in [0.2, 0.25) is 0 Å². The molecule has 0 aliphatic carbocycles. The van der Waals surface area contributed by atoms with Crippen LogP contribution in [-0.4, -0.2) is 15.4 Å². The third-order valence-corrected chi connectivity index (χ3v) is 5.11. The van der Waals surface area contributed by atoms with Crippen molar-refractivity contribution >= 4 is 40.5 Å². The van der Waals surface area contributed by atoms with Gasteiger partial charge in [-0.2, -0.15) is 0 Å². The summed E-state index contributed by atoms with van der Waals surface area (Å²) in [5, 5.41) is 0.941. The minimum absolute atomic E-state index is 0.291. The molecule has 7 heteroatoms. The fourth-order valence-electron chi connectivity index (χ4n) is 3.43. The van der Waals surface area contributed by atoms with E-state index < -0.39 is 0 Å². The summed E-state index contributed by atoms with van der Waals surface area (Å²) in [6, 6.07) is 22.0. The molecule has 0 radical (unpaired) electrons. The van der Waals surface area contributed by atoms with Crippen LogP contribution < -0.4 is 10.9 Å². The molecule has 0 fully saturated rings. The predicted molar refractivity (Wildman–Crippen MR) is 115 cm³/mol. The number of hydrazine groups is 1. The molecule has 0 unspecified atom stereocenters. The minimum Gasteiger partial charge on any atom is -0.297 e. The molecule has 3 aromatic carbocycles. The normalized spacial score (nSPS) is 13.9. The Hall–Kier alpha value is -3.58. The first-order chi connectivity index (χ1) is 14.2. The highest BCUT2D eigenvalue weighted by Gasteiger charge is 2.21. The molecule has 5 nitrogen and oxygen atoms in total. The summed E-state index contributed by atoms with van der Waals surface area (Å²) in [6.45, 7) is 0.603. The molecular formula is C22H16FN5S. The molecule has 1 aliphatic rings. The topological polar surface area (TPSA) is 54.2 Å². The highest BCUT2D eigenvalue weighted by atomic mass is 32.1. The van der Waals surface area contributed by atoms with Crippen LogP contribution in [0, 0.1) is 10.6 Å². The number of amidine groups is 1. The second-order valence-electron chi connectivity index (χ2n) is 6.70. The molecule has 0 bridgehead atoms. The van der Waals surface area contributed by atoms with Gasteiger partial charge in [0.2, 0.25) is 4.77 Å². The first-order valence-corrected chi connectivity index (χ1v) is 9.54. The highest BCUT2D eigenvalue weighted by molar-refractivity contribution is 7.71. The maximum Gasteiger partial charge on any atom is 0.201 e. The van der Waals surface area contributed by atoms with Gasteiger partial charge in [-0.25, -0.2) is 14.4 Å². The molecule has 142 valence electrons. The first-order valence-electron chi connectivity index (χ1n) is 9.13. The van der Waals surface area contributed by atoms with Gasteiger partial charge in [-0.1, -0.05) is 42.5 Å². The van der Waals surface area contributed by atoms with Gasteiger partial charge in [-0.05, 0) is 48.1 Å². The quantitative estimate of drug-likeness (QED) is 0.477. The summed E-state index contributed by atoms with van der Waals surface area (Å²) in [7, 11) is 0. The van der Waals surface area contributed by atoms with E-state index in [1.54, 1.807) is 12.1 Å². The summed E-state index contributed by atoms with van der Waals surface area (Å²) < 4.78 is 15.7. The summed E-state index contributed by atoms with van der Waals surface area (Å²) in [4.78, 5) is 9.27. The molecule has 2 N–H and O–H groups in total. The second-order valence-corrected chi connectivity index (χ2v) is 7.07. The third-order valence-electron chi connectivity index (χ3n) is 4.80. The average molecular weight is 401 g/mol. The van der Waals surface area contributed by atoms with Gasteiger partial charge < -0.3 is 0 Å². The van der Waals surface area contributed by atoms with E-state index in [0.717, 1.165) is 27.8 Å². The van der Waals surface area contributed by atoms with E-state index in [1.807, 2.05) is 41.0 Å². The van der Waals surface area contributed by atoms with Crippen molar-refractivity contribution in [2.75, 3.05) is 5.43 Å². The zero-order valence-corrected chi connectivity index (χ0v) is 16.1. The van der Waals surface area contributed by atoms with Gasteiger partial charge in [0.15, 0.2) is 5.84 Å². The SMILES string of the molecule is Fc1ccc(N=C2NNc3c4c2cccc4nc(=S)n3Cc2ccccc2)cc1. The molecule has 1 aromatic heterocycles. The first kappa shape index (κ1) is 17.5. The molecule has 29 heavy (non-hydrogen) atoms. The lowest BCUT2D eigenvalue weighted by atomic mass is 10.1. The van der Waals surface area contributed by atoms with Crippen LogP contribution >= 0.6 is 12.2 Å². The molecule has 5 rings (SSSR count). The van der Waals surface area contributed by atoms with E-state index in [9.17, 15) is 4.39 Å². The lowest BCUT2D eigenvalue weighted by Crippen LogP contribution is -2.36. The molecule has 0 spiro atoms. The zero-order valence-electron chi connectivity index (χ0n) is 15.3. The van der Waals surface area contributed by atoms with Gasteiger partial charge in [0.1, 0.15) is 11.6 Å². The van der Waals surface area contributed by atoms with Gasteiger partial charge in [0.25, 0.3) is 0 Å². The minimum atomic E-state index is -0.291. The standard InChI is InChI=1S/C22H16FN5S/c23-15-9-11-16(12-10-15)24-20-17-7-4-8-18-19(17)21(27-26-20)28(22(29)25-18)13-14-5-2-1-3-6-14/h1-12,27H,13H2,(H,24,26). The zero-order chi connectivity index (χ0) is 19.8. The van der Waals surface area contributed by atoms with Crippen LogP contribution in [-0.2, 0) is 6.54 Å². The maximum atomic E-state index is 13.2. The number of aliphatic imine (C=N–C) groups is 1. The van der Waals surface area contributed by atoms with Crippen molar-refractivity contribution in [2.24, 2.45) is 4.99 Å². The van der Waals surface area contributed by atoms with Gasteiger partial charge in [0.05, 0.1) is 23.1 Å². The Morgan fingerprint density at radius 3 is 2.52 bits per heavy atom. The Kier molecular flexibility index (Phi) is 4.29. The molecule has 2 heterocycles. The Bertz CT molecular complexity index is 1300. The predicted octanol–water partition coefficient (Wildman–Crippen LogP) is 4.96. The second kappa shape index (κ2) is 7.10. The van der Waals surface area contributed by atoms with Crippen molar-refractivity contribution in [1.82, 2.24) is 15.0 Å². The number of aromatic nitrogens is 2. The summed E-state index contributed by atoms with van der Waals surface area (Å²) in [5.41, 5.74) is 9.89.